The van der Waals surface area contributed by atoms with Gasteiger partial charge in [-0.3, -0.25) is 0 Å². The molecule has 0 aromatic carbocycles. The van der Waals surface area contributed by atoms with E-state index in [-0.39, 0.29) is 6.61 Å². The maximum atomic E-state index is 9.30. The Morgan fingerprint density at radius 1 is 1.35 bits per heavy atom. The van der Waals surface area contributed by atoms with Crippen LogP contribution in [0, 0.1) is 5.92 Å². The molecule has 1 aromatic heterocycles. The molecule has 5 heteroatoms. The number of ether oxygens (including phenoxy) is 1. The lowest BCUT2D eigenvalue weighted by Crippen LogP contribution is -2.20. The second-order valence-electron chi connectivity index (χ2n) is 5.02. The van der Waals surface area contributed by atoms with E-state index in [1.54, 1.807) is 0 Å². The average molecular weight is 239 g/mol. The first kappa shape index (κ1) is 12.5. The van der Waals surface area contributed by atoms with E-state index in [1.165, 1.54) is 0 Å². The van der Waals surface area contributed by atoms with Crippen LogP contribution in [0.15, 0.2) is 0 Å². The number of aromatic nitrogens is 3. The van der Waals surface area contributed by atoms with Crippen molar-refractivity contribution in [3.8, 4) is 0 Å². The molecule has 1 aliphatic rings. The molecule has 2 rings (SSSR count). The van der Waals surface area contributed by atoms with Crippen LogP contribution in [0.3, 0.4) is 0 Å². The molecule has 0 spiro atoms. The van der Waals surface area contributed by atoms with Gasteiger partial charge in [0.15, 0.2) is 5.82 Å². The molecule has 0 aliphatic carbocycles. The maximum absolute atomic E-state index is 9.30. The fourth-order valence-electron chi connectivity index (χ4n) is 2.29. The lowest BCUT2D eigenvalue weighted by molar-refractivity contribution is 0.0825. The van der Waals surface area contributed by atoms with Crippen LogP contribution in [-0.4, -0.2) is 33.1 Å². The fraction of sp³-hybridized carbons (Fsp3) is 0.833. The van der Waals surface area contributed by atoms with Crippen LogP contribution in [0.1, 0.15) is 44.3 Å². The summed E-state index contributed by atoms with van der Waals surface area (Å²) in [6.45, 7) is 6.75. The largest absolute Gasteiger partial charge is 0.388 e. The summed E-state index contributed by atoms with van der Waals surface area (Å²) in [5.41, 5.74) is 0. The standard InChI is InChI=1S/C12H21N3O2/c1-9(2)7-15-11(8-16)13-14-12(15)10-3-5-17-6-4-10/h9-10,16H,3-8H2,1-2H3. The summed E-state index contributed by atoms with van der Waals surface area (Å²) in [4.78, 5) is 0. The molecule has 96 valence electrons. The monoisotopic (exact) mass is 239 g/mol. The van der Waals surface area contributed by atoms with Crippen molar-refractivity contribution in [3.63, 3.8) is 0 Å². The van der Waals surface area contributed by atoms with E-state index in [1.807, 2.05) is 0 Å². The molecule has 0 unspecified atom stereocenters. The quantitative estimate of drug-likeness (QED) is 0.861. The first-order valence-electron chi connectivity index (χ1n) is 6.33. The van der Waals surface area contributed by atoms with Crippen molar-refractivity contribution in [2.24, 2.45) is 5.92 Å². The zero-order valence-electron chi connectivity index (χ0n) is 10.6. The minimum Gasteiger partial charge on any atom is -0.388 e. The number of hydrogen-bond acceptors (Lipinski definition) is 4. The van der Waals surface area contributed by atoms with E-state index in [9.17, 15) is 5.11 Å². The van der Waals surface area contributed by atoms with Crippen LogP contribution < -0.4 is 0 Å². The van der Waals surface area contributed by atoms with Crippen LogP contribution in [0.5, 0.6) is 0 Å². The highest BCUT2D eigenvalue weighted by atomic mass is 16.5. The van der Waals surface area contributed by atoms with Crippen molar-refractivity contribution in [1.29, 1.82) is 0 Å². The van der Waals surface area contributed by atoms with Gasteiger partial charge in [-0.05, 0) is 18.8 Å². The predicted octanol–water partition coefficient (Wildman–Crippen LogP) is 1.32. The smallest absolute Gasteiger partial charge is 0.158 e. The van der Waals surface area contributed by atoms with Crippen molar-refractivity contribution < 1.29 is 9.84 Å². The van der Waals surface area contributed by atoms with E-state index in [0.717, 1.165) is 38.4 Å². The maximum Gasteiger partial charge on any atom is 0.158 e. The van der Waals surface area contributed by atoms with Gasteiger partial charge >= 0.3 is 0 Å². The van der Waals surface area contributed by atoms with Gasteiger partial charge in [-0.25, -0.2) is 0 Å². The number of hydrogen-bond donors (Lipinski definition) is 1. The molecule has 5 nitrogen and oxygen atoms in total. The van der Waals surface area contributed by atoms with Crippen LogP contribution in [0.2, 0.25) is 0 Å². The number of rotatable bonds is 4. The lowest BCUT2D eigenvalue weighted by atomic mass is 9.99. The molecule has 1 aromatic rings. The van der Waals surface area contributed by atoms with Gasteiger partial charge in [-0.1, -0.05) is 13.8 Å². The molecule has 0 amide bonds. The van der Waals surface area contributed by atoms with Crippen LogP contribution in [0.4, 0.5) is 0 Å². The third kappa shape index (κ3) is 2.84. The first-order valence-corrected chi connectivity index (χ1v) is 6.33. The Morgan fingerprint density at radius 3 is 2.65 bits per heavy atom. The van der Waals surface area contributed by atoms with Crippen molar-refractivity contribution in [2.45, 2.75) is 45.8 Å². The summed E-state index contributed by atoms with van der Waals surface area (Å²) in [5.74, 6) is 2.65. The SMILES string of the molecule is CC(C)Cn1c(CO)nnc1C1CCOCC1. The van der Waals surface area contributed by atoms with E-state index in [2.05, 4.69) is 28.6 Å². The van der Waals surface area contributed by atoms with Gasteiger partial charge < -0.3 is 14.4 Å². The van der Waals surface area contributed by atoms with Gasteiger partial charge in [-0.15, -0.1) is 10.2 Å². The number of aliphatic hydroxyl groups excluding tert-OH is 1. The molecule has 1 N–H and O–H groups in total. The molecule has 0 saturated carbocycles. The van der Waals surface area contributed by atoms with Gasteiger partial charge in [0.2, 0.25) is 0 Å². The molecule has 0 radical (unpaired) electrons. The molecule has 1 saturated heterocycles. The van der Waals surface area contributed by atoms with Crippen molar-refractivity contribution >= 4 is 0 Å². The molecule has 2 heterocycles. The lowest BCUT2D eigenvalue weighted by Gasteiger charge is -2.22. The number of nitrogens with zero attached hydrogens (tertiary/aromatic N) is 3. The molecule has 1 aliphatic heterocycles. The Kier molecular flexibility index (Phi) is 4.12. The summed E-state index contributed by atoms with van der Waals surface area (Å²) < 4.78 is 7.45. The van der Waals surface area contributed by atoms with Gasteiger partial charge in [-0.2, -0.15) is 0 Å². The summed E-state index contributed by atoms with van der Waals surface area (Å²) in [6.07, 6.45) is 2.00. The van der Waals surface area contributed by atoms with Gasteiger partial charge in [0.1, 0.15) is 12.4 Å². The molecular formula is C12H21N3O2. The summed E-state index contributed by atoms with van der Waals surface area (Å²) >= 11 is 0. The Labute approximate surface area is 102 Å². The second kappa shape index (κ2) is 5.60. The third-order valence-corrected chi connectivity index (χ3v) is 3.13. The Bertz CT molecular complexity index is 357. The molecule has 0 bridgehead atoms. The summed E-state index contributed by atoms with van der Waals surface area (Å²) in [6, 6.07) is 0. The second-order valence-corrected chi connectivity index (χ2v) is 5.02. The van der Waals surface area contributed by atoms with Gasteiger partial charge in [0.25, 0.3) is 0 Å². The van der Waals surface area contributed by atoms with Gasteiger partial charge in [0.05, 0.1) is 0 Å². The zero-order chi connectivity index (χ0) is 12.3. The first-order chi connectivity index (χ1) is 8.22. The van der Waals surface area contributed by atoms with Crippen LogP contribution in [-0.2, 0) is 17.9 Å². The van der Waals surface area contributed by atoms with Crippen molar-refractivity contribution in [1.82, 2.24) is 14.8 Å². The Balaban J connectivity index is 2.22. The highest BCUT2D eigenvalue weighted by Crippen LogP contribution is 2.26. The van der Waals surface area contributed by atoms with Crippen LogP contribution >= 0.6 is 0 Å². The molecule has 1 fully saturated rings. The highest BCUT2D eigenvalue weighted by molar-refractivity contribution is 5.03. The van der Waals surface area contributed by atoms with Crippen LogP contribution in [0.25, 0.3) is 0 Å². The minimum atomic E-state index is -0.0388. The minimum absolute atomic E-state index is 0.0388. The number of aliphatic hydroxyl groups is 1. The van der Waals surface area contributed by atoms with Crippen molar-refractivity contribution in [2.75, 3.05) is 13.2 Å². The molecule has 17 heavy (non-hydrogen) atoms. The highest BCUT2D eigenvalue weighted by Gasteiger charge is 2.23. The predicted molar refractivity (Wildman–Crippen MR) is 63.6 cm³/mol. The van der Waals surface area contributed by atoms with E-state index in [4.69, 9.17) is 4.74 Å². The van der Waals surface area contributed by atoms with E-state index < -0.39 is 0 Å². The van der Waals surface area contributed by atoms with Crippen molar-refractivity contribution in [3.05, 3.63) is 11.6 Å². The molecule has 0 atom stereocenters. The van der Waals surface area contributed by atoms with Gasteiger partial charge in [0, 0.05) is 25.7 Å². The summed E-state index contributed by atoms with van der Waals surface area (Å²) in [5, 5.41) is 17.6. The third-order valence-electron chi connectivity index (χ3n) is 3.13. The topological polar surface area (TPSA) is 60.2 Å². The Hall–Kier alpha value is -0.940. The Morgan fingerprint density at radius 2 is 2.06 bits per heavy atom. The zero-order valence-corrected chi connectivity index (χ0v) is 10.6. The average Bonchev–Trinajstić information content (AvgIpc) is 2.72. The summed E-state index contributed by atoms with van der Waals surface area (Å²) in [7, 11) is 0. The molecular weight excluding hydrogens is 218 g/mol. The fourth-order valence-corrected chi connectivity index (χ4v) is 2.29. The normalized spacial score (nSPS) is 17.9. The van der Waals surface area contributed by atoms with E-state index >= 15 is 0 Å². The van der Waals surface area contributed by atoms with E-state index in [0.29, 0.717) is 17.7 Å².